The number of carbonyl (C=O) groups excluding carboxylic acids is 5. The van der Waals surface area contributed by atoms with Crippen LogP contribution in [0.3, 0.4) is 0 Å². The molecule has 18 nitrogen and oxygen atoms in total. The Bertz CT molecular complexity index is 4650. The fraction of sp³-hybridized carbons (Fsp3) is 0.326. The van der Waals surface area contributed by atoms with E-state index < -0.39 is 99.7 Å². The highest BCUT2D eigenvalue weighted by atomic mass is 35.5. The van der Waals surface area contributed by atoms with Crippen molar-refractivity contribution in [1.29, 1.82) is 0 Å². The first kappa shape index (κ1) is 91.5. The van der Waals surface area contributed by atoms with Crippen LogP contribution < -0.4 is 5.73 Å². The van der Waals surface area contributed by atoms with E-state index in [9.17, 15) is 70.7 Å². The fourth-order valence-electron chi connectivity index (χ4n) is 13.5. The van der Waals surface area contributed by atoms with Crippen LogP contribution in [0.1, 0.15) is 163 Å². The molecular weight excluding hydrogens is 1530 g/mol. The number of rotatable bonds is 26. The maximum atomic E-state index is 13.6. The van der Waals surface area contributed by atoms with Crippen molar-refractivity contribution in [3.05, 3.63) is 338 Å². The van der Waals surface area contributed by atoms with Crippen LogP contribution in [0.25, 0.3) is 0 Å². The van der Waals surface area contributed by atoms with Crippen LogP contribution in [0.4, 0.5) is 26.3 Å². The second-order valence-corrected chi connectivity index (χ2v) is 29.6. The van der Waals surface area contributed by atoms with E-state index in [1.165, 1.54) is 73.7 Å². The molecule has 8 aromatic carbocycles. The van der Waals surface area contributed by atoms with Crippen LogP contribution in [-0.4, -0.2) is 96.2 Å². The first-order valence-electron chi connectivity index (χ1n) is 38.1. The molecule has 2 heterocycles. The molecule has 25 heteroatoms. The molecule has 2 aliphatic carbocycles. The lowest BCUT2D eigenvalue weighted by Gasteiger charge is -2.31. The van der Waals surface area contributed by atoms with Crippen molar-refractivity contribution in [2.45, 2.75) is 171 Å². The Morgan fingerprint density at radius 1 is 0.470 bits per heavy atom. The highest BCUT2D eigenvalue weighted by Crippen LogP contribution is 2.44. The summed E-state index contributed by atoms with van der Waals surface area (Å²) in [6, 6.07) is 60.0. The molecular formula is C92H97ClF6N4O14. The molecule has 2 fully saturated rings. The maximum Gasteiger partial charge on any atom is 0.416 e. The van der Waals surface area contributed by atoms with E-state index in [-0.39, 0.29) is 62.5 Å². The van der Waals surface area contributed by atoms with E-state index in [1.807, 2.05) is 118 Å². The van der Waals surface area contributed by atoms with E-state index in [2.05, 4.69) is 15.0 Å². The first-order chi connectivity index (χ1) is 55.9. The van der Waals surface area contributed by atoms with Crippen LogP contribution in [-0.2, 0) is 103 Å². The lowest BCUT2D eigenvalue weighted by Crippen LogP contribution is -2.43. The lowest BCUT2D eigenvalue weighted by molar-refractivity contribution is -0.155. The molecule has 5 atom stereocenters. The molecule has 0 saturated heterocycles. The molecule has 5 unspecified atom stereocenters. The van der Waals surface area contributed by atoms with Crippen molar-refractivity contribution < 1.29 is 94.4 Å². The Kier molecular flexibility index (Phi) is 33.9. The minimum Gasteiger partial charge on any atom is -0.460 e. The van der Waals surface area contributed by atoms with Gasteiger partial charge in [0, 0.05) is 35.7 Å². The Labute approximate surface area is 682 Å². The number of alkyl halides is 3. The molecule has 0 aliphatic heterocycles. The second-order valence-electron chi connectivity index (χ2n) is 29.2. The Balaban J connectivity index is 0.000000183. The molecule has 0 amide bonds. The summed E-state index contributed by atoms with van der Waals surface area (Å²) in [5, 5.41) is 41.8. The molecule has 6 N–H and O–H groups in total. The van der Waals surface area contributed by atoms with Crippen molar-refractivity contribution in [2.24, 2.45) is 5.73 Å². The summed E-state index contributed by atoms with van der Waals surface area (Å²) in [6.07, 6.45) is 6.79. The Morgan fingerprint density at radius 2 is 0.915 bits per heavy atom. The number of halogens is 7. The Morgan fingerprint density at radius 3 is 1.41 bits per heavy atom. The van der Waals surface area contributed by atoms with Gasteiger partial charge in [-0.25, -0.2) is 23.1 Å². The normalized spacial score (nSPS) is 15.2. The summed E-state index contributed by atoms with van der Waals surface area (Å²) in [6.45, 7) is 8.03. The predicted octanol–water partition coefficient (Wildman–Crippen LogP) is 16.9. The van der Waals surface area contributed by atoms with Gasteiger partial charge >= 0.3 is 36.0 Å². The van der Waals surface area contributed by atoms with Crippen LogP contribution in [0.2, 0.25) is 5.02 Å². The number of aliphatic hydroxyl groups excluding tert-OH is 2. The minimum absolute atomic E-state index is 0.0120. The number of benzene rings is 8. The number of aromatic nitrogens is 3. The van der Waals surface area contributed by atoms with Gasteiger partial charge in [0.05, 0.1) is 35.7 Å². The smallest absolute Gasteiger partial charge is 0.416 e. The van der Waals surface area contributed by atoms with Gasteiger partial charge in [-0.3, -0.25) is 29.0 Å². The number of hydrogen-bond donors (Lipinski definition) is 5. The van der Waals surface area contributed by atoms with E-state index >= 15 is 0 Å². The van der Waals surface area contributed by atoms with Crippen molar-refractivity contribution in [3.63, 3.8) is 0 Å². The summed E-state index contributed by atoms with van der Waals surface area (Å²) >= 11 is 5.92. The number of pyridine rings is 1. The number of aliphatic hydroxyl groups is 4. The van der Waals surface area contributed by atoms with Gasteiger partial charge in [0.15, 0.2) is 12.4 Å². The molecule has 2 aliphatic rings. The molecule has 0 radical (unpaired) electrons. The molecule has 12 rings (SSSR count). The van der Waals surface area contributed by atoms with Gasteiger partial charge in [0.2, 0.25) is 0 Å². The average molecular weight is 1630 g/mol. The molecule has 117 heavy (non-hydrogen) atoms. The second kappa shape index (κ2) is 43.3. The summed E-state index contributed by atoms with van der Waals surface area (Å²) in [5.74, 6) is -4.98. The molecule has 0 bridgehead atoms. The number of esters is 5. The SMILES string of the molecule is CC(CO)(C(=O)OCc1ccccc1F)c1ccc(C(F)(F)F)cc1.CCC(CN)(C(=O)OCc1ccccc1)c1ccc(Cl)cc1.Cc1ccc(C(C(=O)OCc2ncccn2)C2(O)CCCC2)cc1.Cc1cccc(COC(=O)C(C)(CO)c2ccc(F)cc2)c1.O=C(OCc1ccccn1)C(c1ccc(F)cc1)C1(O)CCCC1. The Hall–Kier alpha value is -11.0. The first-order valence-corrected chi connectivity index (χ1v) is 38.5. The predicted molar refractivity (Wildman–Crippen MR) is 428 cm³/mol. The highest BCUT2D eigenvalue weighted by Gasteiger charge is 2.48. The van der Waals surface area contributed by atoms with Gasteiger partial charge in [0.25, 0.3) is 0 Å². The summed E-state index contributed by atoms with van der Waals surface area (Å²) in [5.41, 5.74) is 6.99. The average Bonchev–Trinajstić information content (AvgIpc) is 1.60. The van der Waals surface area contributed by atoms with Gasteiger partial charge in [-0.2, -0.15) is 13.2 Å². The molecule has 2 saturated carbocycles. The maximum absolute atomic E-state index is 13.6. The quantitative estimate of drug-likeness (QED) is 0.0191. The van der Waals surface area contributed by atoms with Crippen LogP contribution >= 0.6 is 11.6 Å². The zero-order valence-electron chi connectivity index (χ0n) is 65.7. The third kappa shape index (κ3) is 25.5. The van der Waals surface area contributed by atoms with Gasteiger partial charge in [-0.15, -0.1) is 0 Å². The number of hydrogen-bond acceptors (Lipinski definition) is 18. The summed E-state index contributed by atoms with van der Waals surface area (Å²) < 4.78 is 104. The largest absolute Gasteiger partial charge is 0.460 e. The minimum atomic E-state index is -4.50. The van der Waals surface area contributed by atoms with Gasteiger partial charge in [-0.1, -0.05) is 207 Å². The van der Waals surface area contributed by atoms with Gasteiger partial charge < -0.3 is 49.8 Å². The standard InChI is InChI=1S/C19H20FNO3.C19H22N2O3.C18H20ClNO2.C18H16F4O3.C18H19FO3/c20-15-8-6-14(7-9-15)17(19(23)10-2-3-11-19)18(22)24-13-16-5-1-4-12-21-16;1-14-5-7-15(8-6-14)17(19(23)9-2-3-10-19)18(22)24-13-16-20-11-4-12-21-16;1-2-18(13-20,15-8-10-16(19)11-9-15)17(21)22-12-14-6-4-3-5-7-14;1-17(11-23,13-6-8-14(9-7-13)18(20,21)22)16(24)25-10-12-4-2-3-5-15(12)19;1-13-4-3-5-14(10-13)11-22-17(21)18(2,12-20)15-6-8-16(19)9-7-15/h1,4-9,12,17,23H,2-3,10-11,13H2;4-8,11-12,17,23H,2-3,9-10,13H2,1H3;3-11H,2,12-13,20H2,1H3;2-9,23H,10-11H2,1H3;3-10,20H,11-12H2,1-2H3. The number of nitrogens with zero attached hydrogens (tertiary/aromatic N) is 3. The number of aryl methyl sites for hydroxylation is 2. The van der Waals surface area contributed by atoms with Gasteiger partial charge in [0.1, 0.15) is 72.0 Å². The van der Waals surface area contributed by atoms with Crippen LogP contribution in [0.5, 0.6) is 0 Å². The van der Waals surface area contributed by atoms with Crippen molar-refractivity contribution >= 4 is 41.4 Å². The van der Waals surface area contributed by atoms with Crippen molar-refractivity contribution in [2.75, 3.05) is 19.8 Å². The zero-order chi connectivity index (χ0) is 84.8. The van der Waals surface area contributed by atoms with Crippen LogP contribution in [0.15, 0.2) is 243 Å². The summed E-state index contributed by atoms with van der Waals surface area (Å²) in [4.78, 5) is 75.0. The van der Waals surface area contributed by atoms with E-state index in [0.717, 1.165) is 83.3 Å². The van der Waals surface area contributed by atoms with E-state index in [1.54, 1.807) is 61.9 Å². The highest BCUT2D eigenvalue weighted by molar-refractivity contribution is 6.30. The third-order valence-electron chi connectivity index (χ3n) is 20.7. The van der Waals surface area contributed by atoms with Crippen molar-refractivity contribution in [3.8, 4) is 0 Å². The topological polar surface area (TPSA) is 277 Å². The van der Waals surface area contributed by atoms with Gasteiger partial charge in [-0.05, 0) is 172 Å². The molecule has 0 spiro atoms. The zero-order valence-corrected chi connectivity index (χ0v) is 66.5. The molecule has 618 valence electrons. The van der Waals surface area contributed by atoms with E-state index in [0.29, 0.717) is 59.8 Å². The number of ether oxygens (including phenoxy) is 5. The summed E-state index contributed by atoms with van der Waals surface area (Å²) in [7, 11) is 0. The lowest BCUT2D eigenvalue weighted by atomic mass is 9.78. The fourth-order valence-corrected chi connectivity index (χ4v) is 13.6. The van der Waals surface area contributed by atoms with E-state index in [4.69, 9.17) is 41.0 Å². The number of carbonyl (C=O) groups is 5. The van der Waals surface area contributed by atoms with Crippen molar-refractivity contribution in [1.82, 2.24) is 15.0 Å². The molecule has 10 aromatic rings. The third-order valence-corrected chi connectivity index (χ3v) is 21.0. The van der Waals surface area contributed by atoms with Crippen LogP contribution in [0, 0.1) is 31.3 Å². The number of nitrogens with two attached hydrogens (primary N) is 1. The molecule has 2 aromatic heterocycles. The monoisotopic (exact) mass is 1630 g/mol.